The topological polar surface area (TPSA) is 9.23 Å². The van der Waals surface area contributed by atoms with Crippen molar-refractivity contribution >= 4 is 35.0 Å². The number of methoxy groups -OCH3 is 1. The highest BCUT2D eigenvalue weighted by atomic mass is 35.5. The van der Waals surface area contributed by atoms with Gasteiger partial charge in [0.2, 0.25) is 0 Å². The lowest BCUT2D eigenvalue weighted by Crippen LogP contribution is -1.81. The number of benzene rings is 2. The van der Waals surface area contributed by atoms with E-state index in [4.69, 9.17) is 27.9 Å². The summed E-state index contributed by atoms with van der Waals surface area (Å²) in [6.07, 6.45) is 0. The van der Waals surface area contributed by atoms with Crippen LogP contribution >= 0.6 is 35.0 Å². The van der Waals surface area contributed by atoms with Gasteiger partial charge in [-0.1, -0.05) is 35.0 Å². The fraction of sp³-hybridized carbons (Fsp3) is 0.0769. The Hall–Kier alpha value is -0.830. The molecule has 0 heterocycles. The average Bonchev–Trinajstić information content (AvgIpc) is 2.35. The molecule has 0 aliphatic rings. The zero-order chi connectivity index (χ0) is 12.3. The molecule has 0 atom stereocenters. The molecule has 0 spiro atoms. The summed E-state index contributed by atoms with van der Waals surface area (Å²) in [6.45, 7) is 0. The standard InChI is InChI=1S/C13H10Cl2OS/c1-16-9-2-4-10(5-3-9)17-11-6-7-12(14)13(15)8-11/h2-8H,1H3. The van der Waals surface area contributed by atoms with E-state index in [0.29, 0.717) is 10.0 Å². The fourth-order valence-electron chi connectivity index (χ4n) is 1.32. The molecular formula is C13H10Cl2OS. The Morgan fingerprint density at radius 1 is 0.882 bits per heavy atom. The number of hydrogen-bond acceptors (Lipinski definition) is 2. The monoisotopic (exact) mass is 284 g/mol. The van der Waals surface area contributed by atoms with Crippen LogP contribution in [0.4, 0.5) is 0 Å². The first-order valence-electron chi connectivity index (χ1n) is 4.96. The summed E-state index contributed by atoms with van der Waals surface area (Å²) in [5, 5.41) is 1.15. The van der Waals surface area contributed by atoms with E-state index in [1.165, 1.54) is 0 Å². The van der Waals surface area contributed by atoms with E-state index in [1.807, 2.05) is 36.4 Å². The molecule has 2 rings (SSSR count). The van der Waals surface area contributed by atoms with E-state index in [2.05, 4.69) is 0 Å². The first-order chi connectivity index (χ1) is 8.19. The van der Waals surface area contributed by atoms with Gasteiger partial charge >= 0.3 is 0 Å². The zero-order valence-corrected chi connectivity index (χ0v) is 11.4. The molecule has 4 heteroatoms. The molecule has 0 radical (unpaired) electrons. The van der Waals surface area contributed by atoms with Crippen LogP contribution in [0.25, 0.3) is 0 Å². The van der Waals surface area contributed by atoms with Crippen molar-refractivity contribution in [2.24, 2.45) is 0 Å². The van der Waals surface area contributed by atoms with Crippen LogP contribution in [0.1, 0.15) is 0 Å². The Morgan fingerprint density at radius 2 is 1.53 bits per heavy atom. The molecular weight excluding hydrogens is 275 g/mol. The van der Waals surface area contributed by atoms with Crippen molar-refractivity contribution in [3.8, 4) is 5.75 Å². The fourth-order valence-corrected chi connectivity index (χ4v) is 2.54. The quantitative estimate of drug-likeness (QED) is 0.771. The maximum absolute atomic E-state index is 5.96. The average molecular weight is 285 g/mol. The summed E-state index contributed by atoms with van der Waals surface area (Å²) in [6, 6.07) is 13.5. The van der Waals surface area contributed by atoms with Gasteiger partial charge in [-0.05, 0) is 42.5 Å². The van der Waals surface area contributed by atoms with Crippen LogP contribution in [-0.2, 0) is 0 Å². The van der Waals surface area contributed by atoms with Gasteiger partial charge in [-0.2, -0.15) is 0 Å². The normalized spacial score (nSPS) is 10.3. The van der Waals surface area contributed by atoms with E-state index in [0.717, 1.165) is 15.5 Å². The highest BCUT2D eigenvalue weighted by molar-refractivity contribution is 7.99. The van der Waals surface area contributed by atoms with Crippen molar-refractivity contribution in [1.82, 2.24) is 0 Å². The Labute approximate surface area is 115 Å². The number of rotatable bonds is 3. The lowest BCUT2D eigenvalue weighted by atomic mass is 10.3. The lowest BCUT2D eigenvalue weighted by Gasteiger charge is -2.04. The molecule has 0 bridgehead atoms. The third kappa shape index (κ3) is 3.32. The second-order valence-electron chi connectivity index (χ2n) is 3.35. The summed E-state index contributed by atoms with van der Waals surface area (Å²) in [4.78, 5) is 2.19. The summed E-state index contributed by atoms with van der Waals surface area (Å²) < 4.78 is 5.11. The maximum Gasteiger partial charge on any atom is 0.118 e. The molecule has 0 aromatic heterocycles. The predicted octanol–water partition coefficient (Wildman–Crippen LogP) is 5.15. The maximum atomic E-state index is 5.96. The van der Waals surface area contributed by atoms with Gasteiger partial charge < -0.3 is 4.74 Å². The van der Waals surface area contributed by atoms with Crippen molar-refractivity contribution in [1.29, 1.82) is 0 Å². The molecule has 0 saturated carbocycles. The van der Waals surface area contributed by atoms with Gasteiger partial charge in [0.15, 0.2) is 0 Å². The van der Waals surface area contributed by atoms with Crippen LogP contribution in [-0.4, -0.2) is 7.11 Å². The van der Waals surface area contributed by atoms with E-state index in [-0.39, 0.29) is 0 Å². The molecule has 0 saturated heterocycles. The van der Waals surface area contributed by atoms with Gasteiger partial charge in [-0.15, -0.1) is 0 Å². The van der Waals surface area contributed by atoms with Crippen molar-refractivity contribution in [3.05, 3.63) is 52.5 Å². The Kier molecular flexibility index (Phi) is 4.21. The number of halogens is 2. The predicted molar refractivity (Wildman–Crippen MR) is 73.6 cm³/mol. The molecule has 2 aromatic rings. The highest BCUT2D eigenvalue weighted by Crippen LogP contribution is 2.33. The molecule has 0 aliphatic heterocycles. The molecule has 88 valence electrons. The minimum absolute atomic E-state index is 0.574. The van der Waals surface area contributed by atoms with Gasteiger partial charge in [0.25, 0.3) is 0 Å². The van der Waals surface area contributed by atoms with Gasteiger partial charge in [-0.25, -0.2) is 0 Å². The summed E-state index contributed by atoms with van der Waals surface area (Å²) >= 11 is 13.5. The first-order valence-corrected chi connectivity index (χ1v) is 6.53. The van der Waals surface area contributed by atoms with E-state index >= 15 is 0 Å². The van der Waals surface area contributed by atoms with E-state index in [9.17, 15) is 0 Å². The third-order valence-electron chi connectivity index (χ3n) is 2.19. The van der Waals surface area contributed by atoms with Gasteiger partial charge in [0.1, 0.15) is 5.75 Å². The largest absolute Gasteiger partial charge is 0.497 e. The molecule has 1 nitrogen and oxygen atoms in total. The van der Waals surface area contributed by atoms with Crippen LogP contribution in [0, 0.1) is 0 Å². The lowest BCUT2D eigenvalue weighted by molar-refractivity contribution is 0.414. The van der Waals surface area contributed by atoms with E-state index in [1.54, 1.807) is 24.9 Å². The van der Waals surface area contributed by atoms with Crippen molar-refractivity contribution in [3.63, 3.8) is 0 Å². The number of hydrogen-bond donors (Lipinski definition) is 0. The third-order valence-corrected chi connectivity index (χ3v) is 3.92. The van der Waals surface area contributed by atoms with Crippen LogP contribution in [0.5, 0.6) is 5.75 Å². The second-order valence-corrected chi connectivity index (χ2v) is 5.31. The van der Waals surface area contributed by atoms with Crippen molar-refractivity contribution < 1.29 is 4.74 Å². The Morgan fingerprint density at radius 3 is 2.12 bits per heavy atom. The molecule has 2 aromatic carbocycles. The molecule has 0 amide bonds. The summed E-state index contributed by atoms with van der Waals surface area (Å²) in [5.41, 5.74) is 0. The van der Waals surface area contributed by atoms with Gasteiger partial charge in [-0.3, -0.25) is 0 Å². The Bertz CT molecular complexity index is 511. The molecule has 17 heavy (non-hydrogen) atoms. The van der Waals surface area contributed by atoms with Crippen molar-refractivity contribution in [2.45, 2.75) is 9.79 Å². The summed E-state index contributed by atoms with van der Waals surface area (Å²) in [5.74, 6) is 0.850. The van der Waals surface area contributed by atoms with Gasteiger partial charge in [0.05, 0.1) is 17.2 Å². The first kappa shape index (κ1) is 12.6. The molecule has 0 fully saturated rings. The second kappa shape index (κ2) is 5.67. The minimum Gasteiger partial charge on any atom is -0.497 e. The van der Waals surface area contributed by atoms with Crippen LogP contribution < -0.4 is 4.74 Å². The van der Waals surface area contributed by atoms with E-state index < -0.39 is 0 Å². The van der Waals surface area contributed by atoms with Gasteiger partial charge in [0, 0.05) is 9.79 Å². The van der Waals surface area contributed by atoms with Crippen LogP contribution in [0.15, 0.2) is 52.3 Å². The highest BCUT2D eigenvalue weighted by Gasteiger charge is 2.02. The molecule has 0 unspecified atom stereocenters. The molecule has 0 aliphatic carbocycles. The Balaban J connectivity index is 2.16. The summed E-state index contributed by atoms with van der Waals surface area (Å²) in [7, 11) is 1.65. The van der Waals surface area contributed by atoms with Crippen LogP contribution in [0.3, 0.4) is 0 Å². The smallest absolute Gasteiger partial charge is 0.118 e. The zero-order valence-electron chi connectivity index (χ0n) is 9.11. The minimum atomic E-state index is 0.574. The SMILES string of the molecule is COc1ccc(Sc2ccc(Cl)c(Cl)c2)cc1. The van der Waals surface area contributed by atoms with Crippen molar-refractivity contribution in [2.75, 3.05) is 7.11 Å². The number of ether oxygens (including phenoxy) is 1. The molecule has 0 N–H and O–H groups in total. The van der Waals surface area contributed by atoms with Crippen LogP contribution in [0.2, 0.25) is 10.0 Å².